The van der Waals surface area contributed by atoms with Crippen molar-refractivity contribution in [2.75, 3.05) is 39.4 Å². The molecule has 3 unspecified atom stereocenters. The fourth-order valence-electron chi connectivity index (χ4n) is 3.71. The Morgan fingerprint density at radius 1 is 1.05 bits per heavy atom. The normalized spacial score (nSPS) is 33.4. The number of hydrogen-bond acceptors (Lipinski definition) is 4. The summed E-state index contributed by atoms with van der Waals surface area (Å²) in [7, 11) is 0. The lowest BCUT2D eigenvalue weighted by atomic mass is 10.0. The van der Waals surface area contributed by atoms with Crippen LogP contribution >= 0.6 is 24.8 Å². The van der Waals surface area contributed by atoms with Crippen molar-refractivity contribution in [3.8, 4) is 0 Å². The van der Waals surface area contributed by atoms with E-state index in [0.29, 0.717) is 11.9 Å². The molecule has 3 rings (SSSR count). The number of carbonyl (C=O) groups excluding carboxylic acids is 1. The fraction of sp³-hybridized carbons (Fsp3) is 0.929. The van der Waals surface area contributed by atoms with Crippen molar-refractivity contribution in [2.24, 2.45) is 11.7 Å². The van der Waals surface area contributed by atoms with Crippen molar-refractivity contribution >= 4 is 30.7 Å². The third-order valence-electron chi connectivity index (χ3n) is 4.92. The van der Waals surface area contributed by atoms with Crippen molar-refractivity contribution in [3.63, 3.8) is 0 Å². The molecule has 124 valence electrons. The smallest absolute Gasteiger partial charge is 0.227 e. The molecule has 2 heterocycles. The van der Waals surface area contributed by atoms with E-state index in [1.54, 1.807) is 0 Å². The van der Waals surface area contributed by atoms with Gasteiger partial charge < -0.3 is 15.4 Å². The molecule has 3 fully saturated rings. The summed E-state index contributed by atoms with van der Waals surface area (Å²) in [6, 6.07) is 0.625. The predicted molar refractivity (Wildman–Crippen MR) is 87.2 cm³/mol. The molecular weight excluding hydrogens is 313 g/mol. The zero-order valence-corrected chi connectivity index (χ0v) is 14.0. The molecule has 0 bridgehead atoms. The molecule has 1 amide bonds. The van der Waals surface area contributed by atoms with Crippen LogP contribution in [0.3, 0.4) is 0 Å². The van der Waals surface area contributed by atoms with Crippen LogP contribution in [-0.4, -0.2) is 67.2 Å². The average molecular weight is 340 g/mol. The summed E-state index contributed by atoms with van der Waals surface area (Å²) in [4.78, 5) is 17.0. The highest BCUT2D eigenvalue weighted by molar-refractivity contribution is 5.85. The maximum atomic E-state index is 12.5. The van der Waals surface area contributed by atoms with Gasteiger partial charge in [0, 0.05) is 38.3 Å². The van der Waals surface area contributed by atoms with Crippen LogP contribution < -0.4 is 5.73 Å². The molecule has 5 nitrogen and oxygen atoms in total. The quantitative estimate of drug-likeness (QED) is 0.811. The molecule has 2 saturated heterocycles. The van der Waals surface area contributed by atoms with Crippen LogP contribution in [0.25, 0.3) is 0 Å². The first-order valence-electron chi connectivity index (χ1n) is 7.62. The summed E-state index contributed by atoms with van der Waals surface area (Å²) in [5, 5.41) is 0. The van der Waals surface area contributed by atoms with E-state index in [-0.39, 0.29) is 36.8 Å². The monoisotopic (exact) mass is 339 g/mol. The first kappa shape index (κ1) is 19.0. The Kier molecular flexibility index (Phi) is 7.71. The minimum absolute atomic E-state index is 0. The predicted octanol–water partition coefficient (Wildman–Crippen LogP) is 0.891. The van der Waals surface area contributed by atoms with Crippen molar-refractivity contribution in [3.05, 3.63) is 0 Å². The van der Waals surface area contributed by atoms with Crippen LogP contribution in [0.1, 0.15) is 25.7 Å². The summed E-state index contributed by atoms with van der Waals surface area (Å²) in [5.74, 6) is 0.393. The zero-order valence-electron chi connectivity index (χ0n) is 12.4. The highest BCUT2D eigenvalue weighted by Crippen LogP contribution is 2.28. The summed E-state index contributed by atoms with van der Waals surface area (Å²) >= 11 is 0. The summed E-state index contributed by atoms with van der Waals surface area (Å²) in [6.45, 7) is 5.48. The number of morpholine rings is 1. The van der Waals surface area contributed by atoms with Gasteiger partial charge in [0.2, 0.25) is 5.91 Å². The van der Waals surface area contributed by atoms with Gasteiger partial charge in [-0.25, -0.2) is 0 Å². The first-order chi connectivity index (χ1) is 9.25. The van der Waals surface area contributed by atoms with Gasteiger partial charge in [-0.2, -0.15) is 0 Å². The average Bonchev–Trinajstić information content (AvgIpc) is 3.08. The van der Waals surface area contributed by atoms with Gasteiger partial charge in [-0.05, 0) is 19.3 Å². The molecule has 3 aliphatic rings. The van der Waals surface area contributed by atoms with Gasteiger partial charge in [-0.3, -0.25) is 9.69 Å². The van der Waals surface area contributed by atoms with Gasteiger partial charge in [0.15, 0.2) is 0 Å². The molecule has 21 heavy (non-hydrogen) atoms. The first-order valence-corrected chi connectivity index (χ1v) is 7.62. The molecule has 0 aromatic rings. The molecule has 3 atom stereocenters. The summed E-state index contributed by atoms with van der Waals surface area (Å²) in [5.41, 5.74) is 6.05. The Bertz CT molecular complexity index is 340. The van der Waals surface area contributed by atoms with Crippen LogP contribution in [-0.2, 0) is 9.53 Å². The molecule has 1 aliphatic carbocycles. The van der Waals surface area contributed by atoms with E-state index in [1.165, 1.54) is 0 Å². The molecule has 2 aliphatic heterocycles. The highest BCUT2D eigenvalue weighted by Gasteiger charge is 2.37. The van der Waals surface area contributed by atoms with Gasteiger partial charge in [0.1, 0.15) is 0 Å². The number of hydrogen-bond donors (Lipinski definition) is 1. The SMILES string of the molecule is Cl.Cl.NC1CCCC1C(=O)N1CCC(N2CCOCC2)C1. The lowest BCUT2D eigenvalue weighted by Gasteiger charge is -2.32. The molecule has 0 aromatic heterocycles. The Labute approximate surface area is 139 Å². The van der Waals surface area contributed by atoms with E-state index >= 15 is 0 Å². The van der Waals surface area contributed by atoms with E-state index < -0.39 is 0 Å². The van der Waals surface area contributed by atoms with Crippen LogP contribution in [0, 0.1) is 5.92 Å². The van der Waals surface area contributed by atoms with Crippen LogP contribution in [0.5, 0.6) is 0 Å². The van der Waals surface area contributed by atoms with E-state index in [0.717, 1.165) is 65.1 Å². The third kappa shape index (κ3) is 4.23. The second kappa shape index (κ2) is 8.53. The molecule has 1 saturated carbocycles. The van der Waals surface area contributed by atoms with E-state index in [4.69, 9.17) is 10.5 Å². The van der Waals surface area contributed by atoms with Crippen LogP contribution in [0.15, 0.2) is 0 Å². The molecule has 0 spiro atoms. The Balaban J connectivity index is 0.00000110. The summed E-state index contributed by atoms with van der Waals surface area (Å²) < 4.78 is 5.39. The molecule has 0 aromatic carbocycles. The number of ether oxygens (including phenoxy) is 1. The summed E-state index contributed by atoms with van der Waals surface area (Å²) in [6.07, 6.45) is 4.21. The van der Waals surface area contributed by atoms with Crippen molar-refractivity contribution in [1.82, 2.24) is 9.80 Å². The van der Waals surface area contributed by atoms with E-state index in [9.17, 15) is 4.79 Å². The fourth-order valence-corrected chi connectivity index (χ4v) is 3.71. The highest BCUT2D eigenvalue weighted by atomic mass is 35.5. The largest absolute Gasteiger partial charge is 0.379 e. The molecular formula is C14H27Cl2N3O2. The maximum Gasteiger partial charge on any atom is 0.227 e. The number of carbonyl (C=O) groups is 1. The molecule has 0 radical (unpaired) electrons. The Hall–Kier alpha value is -0.0700. The van der Waals surface area contributed by atoms with Crippen LogP contribution in [0.4, 0.5) is 0 Å². The molecule has 7 heteroatoms. The minimum atomic E-state index is 0. The number of nitrogens with zero attached hydrogens (tertiary/aromatic N) is 2. The number of halogens is 2. The second-order valence-electron chi connectivity index (χ2n) is 6.08. The standard InChI is InChI=1S/C14H25N3O2.2ClH/c15-13-3-1-2-12(13)14(18)17-5-4-11(10-17)16-6-8-19-9-7-16;;/h11-13H,1-10,15H2;2*1H. The number of rotatable bonds is 2. The topological polar surface area (TPSA) is 58.8 Å². The van der Waals surface area contributed by atoms with Crippen molar-refractivity contribution in [2.45, 2.75) is 37.8 Å². The van der Waals surface area contributed by atoms with Gasteiger partial charge >= 0.3 is 0 Å². The lowest BCUT2D eigenvalue weighted by Crippen LogP contribution is -2.46. The zero-order chi connectivity index (χ0) is 13.2. The number of amides is 1. The van der Waals surface area contributed by atoms with E-state index in [2.05, 4.69) is 9.80 Å². The lowest BCUT2D eigenvalue weighted by molar-refractivity contribution is -0.134. The maximum absolute atomic E-state index is 12.5. The number of nitrogens with two attached hydrogens (primary N) is 1. The van der Waals surface area contributed by atoms with Crippen molar-refractivity contribution in [1.29, 1.82) is 0 Å². The minimum Gasteiger partial charge on any atom is -0.379 e. The molecule has 2 N–H and O–H groups in total. The van der Waals surface area contributed by atoms with Gasteiger partial charge in [-0.1, -0.05) is 6.42 Å². The number of likely N-dealkylation sites (tertiary alicyclic amines) is 1. The Morgan fingerprint density at radius 3 is 2.38 bits per heavy atom. The second-order valence-corrected chi connectivity index (χ2v) is 6.08. The van der Waals surface area contributed by atoms with Gasteiger partial charge in [-0.15, -0.1) is 24.8 Å². The van der Waals surface area contributed by atoms with Crippen LogP contribution in [0.2, 0.25) is 0 Å². The van der Waals surface area contributed by atoms with Gasteiger partial charge in [0.25, 0.3) is 0 Å². The van der Waals surface area contributed by atoms with E-state index in [1.807, 2.05) is 0 Å². The van der Waals surface area contributed by atoms with Crippen molar-refractivity contribution < 1.29 is 9.53 Å². The third-order valence-corrected chi connectivity index (χ3v) is 4.92. The van der Waals surface area contributed by atoms with Gasteiger partial charge in [0.05, 0.1) is 19.1 Å². The Morgan fingerprint density at radius 2 is 1.76 bits per heavy atom.